The topological polar surface area (TPSA) is 0 Å². The maximum Gasteiger partial charge on any atom is 2.00 e. The summed E-state index contributed by atoms with van der Waals surface area (Å²) in [5.74, 6) is 28.3. The van der Waals surface area contributed by atoms with Crippen molar-refractivity contribution in [2.24, 2.45) is 0 Å². The van der Waals surface area contributed by atoms with Gasteiger partial charge in [0.15, 0.2) is 0 Å². The van der Waals surface area contributed by atoms with E-state index in [1.54, 1.807) is 0 Å². The second-order valence-corrected chi connectivity index (χ2v) is 20.1. The molecule has 2 saturated carbocycles. The number of hydrogen-bond acceptors (Lipinski definition) is 1. The Morgan fingerprint density at radius 3 is 1.35 bits per heavy atom. The number of rotatable bonds is 5. The minimum absolute atomic E-state index is 0. The molecule has 0 spiro atoms. The van der Waals surface area contributed by atoms with E-state index in [0.717, 1.165) is 50.4 Å². The largest absolute Gasteiger partial charge is 2.00 e. The molecule has 4 aromatic carbocycles. The zero-order valence-electron chi connectivity index (χ0n) is 30.2. The van der Waals surface area contributed by atoms with E-state index in [9.17, 15) is 0 Å². The van der Waals surface area contributed by atoms with Crippen molar-refractivity contribution >= 4 is 19.8 Å². The van der Waals surface area contributed by atoms with Gasteiger partial charge in [0.2, 0.25) is 0 Å². The molecule has 6 rings (SSSR count). The Kier molecular flexibility index (Phi) is 17.1. The van der Waals surface area contributed by atoms with E-state index in [4.69, 9.17) is 0 Å². The van der Waals surface area contributed by atoms with E-state index in [1.807, 2.05) is 124 Å². The average molecular weight is 747 g/mol. The van der Waals surface area contributed by atoms with Crippen LogP contribution in [0.25, 0.3) is 0 Å². The zero-order valence-corrected chi connectivity index (χ0v) is 33.2. The molecule has 0 aromatic heterocycles. The summed E-state index contributed by atoms with van der Waals surface area (Å²) < 4.78 is 0. The molecule has 2 fully saturated rings. The first-order chi connectivity index (χ1) is 24.8. The molecule has 0 atom stereocenters. The summed E-state index contributed by atoms with van der Waals surface area (Å²) >= 11 is 1.95. The van der Waals surface area contributed by atoms with E-state index in [0.29, 0.717) is 0 Å². The van der Waals surface area contributed by atoms with Gasteiger partial charge in [-0.15, -0.1) is 11.8 Å². The Morgan fingerprint density at radius 2 is 0.885 bits per heavy atom. The van der Waals surface area contributed by atoms with Gasteiger partial charge < -0.3 is 0 Å². The fourth-order valence-corrected chi connectivity index (χ4v) is 7.28. The smallest absolute Gasteiger partial charge is 0.126 e. The average Bonchev–Trinajstić information content (AvgIpc) is 3.90. The van der Waals surface area contributed by atoms with Crippen LogP contribution in [0.15, 0.2) is 95.9 Å². The molecular formula is C49H42FeSSi+2. The van der Waals surface area contributed by atoms with Gasteiger partial charge in [0.25, 0.3) is 0 Å². The van der Waals surface area contributed by atoms with Crippen molar-refractivity contribution in [1.29, 1.82) is 0 Å². The van der Waals surface area contributed by atoms with Crippen LogP contribution in [0.4, 0.5) is 0 Å². The fourth-order valence-electron chi connectivity index (χ4n) is 4.93. The Bertz CT molecular complexity index is 1950. The Balaban J connectivity index is 0.000000928. The first-order valence-corrected chi connectivity index (χ1v) is 22.0. The second kappa shape index (κ2) is 21.7. The number of thioether (sulfide) groups is 1. The molecule has 52 heavy (non-hydrogen) atoms. The maximum absolute atomic E-state index is 3.32. The Labute approximate surface area is 331 Å². The molecule has 4 aromatic rings. The third kappa shape index (κ3) is 15.1. The molecule has 0 nitrogen and oxygen atoms in total. The zero-order chi connectivity index (χ0) is 35.7. The molecule has 0 saturated heterocycles. The molecule has 0 N–H and O–H groups in total. The molecule has 0 bridgehead atoms. The normalized spacial score (nSPS) is 13.3. The van der Waals surface area contributed by atoms with Gasteiger partial charge in [0.1, 0.15) is 0 Å². The third-order valence-corrected chi connectivity index (χ3v) is 10.8. The summed E-state index contributed by atoms with van der Waals surface area (Å²) in [6, 6.07) is 32.3. The first kappa shape index (κ1) is 41.0. The van der Waals surface area contributed by atoms with Gasteiger partial charge in [-0.3, -0.25) is 0 Å². The summed E-state index contributed by atoms with van der Waals surface area (Å²) in [5.41, 5.74) is 8.01. The molecule has 0 amide bonds. The molecule has 0 aliphatic heterocycles. The van der Waals surface area contributed by atoms with E-state index < -0.39 is 8.07 Å². The van der Waals surface area contributed by atoms with Gasteiger partial charge in [-0.1, -0.05) is 73.0 Å². The van der Waals surface area contributed by atoms with Crippen molar-refractivity contribution in [3.8, 4) is 47.4 Å². The van der Waals surface area contributed by atoms with Crippen molar-refractivity contribution in [3.05, 3.63) is 199 Å². The predicted octanol–water partition coefficient (Wildman–Crippen LogP) is 10.8. The van der Waals surface area contributed by atoms with Crippen LogP contribution in [0.3, 0.4) is 0 Å². The van der Waals surface area contributed by atoms with Crippen LogP contribution < -0.4 is 0 Å². The maximum atomic E-state index is 3.32. The first-order valence-electron chi connectivity index (χ1n) is 17.3. The number of hydrogen-bond donors (Lipinski definition) is 0. The van der Waals surface area contributed by atoms with Crippen LogP contribution in [0, 0.1) is 118 Å². The summed E-state index contributed by atoms with van der Waals surface area (Å²) in [7, 11) is -0.943. The van der Waals surface area contributed by atoms with E-state index in [-0.39, 0.29) is 17.1 Å². The monoisotopic (exact) mass is 746 g/mol. The molecule has 0 unspecified atom stereocenters. The van der Waals surface area contributed by atoms with Crippen molar-refractivity contribution in [2.75, 3.05) is 5.75 Å². The summed E-state index contributed by atoms with van der Waals surface area (Å²) in [4.78, 5) is 1.32. The van der Waals surface area contributed by atoms with Crippen molar-refractivity contribution in [2.45, 2.75) is 43.9 Å². The molecule has 254 valence electrons. The summed E-state index contributed by atoms with van der Waals surface area (Å²) in [6.07, 6.45) is 19.3. The standard InChI is InChI=1S/C44H37SSi.C5H5.Fe/c1-35-34-42(23-22-41-26-30-44(31-27-41)45-32-7-33-46(2,3)4)25-29-43(35)28-24-40-20-18-39(19-21-40)17-16-38-14-12-37(13-15-38)11-10-36-8-5-6-9-36;1-2-4-5-3-1;/h5-6,8-9,12-15,18-21,25-27,29-31,34H,7,32-33H2,1-4H3;1-5H;/q;;+2. The summed E-state index contributed by atoms with van der Waals surface area (Å²) in [6.45, 7) is 9.41. The van der Waals surface area contributed by atoms with Gasteiger partial charge in [0.05, 0.1) is 5.92 Å². The SMILES string of the molecule is Cc1cc(C#Cc2ccc(SCCC[Si](C)(C)C)cc2)ccc1C#Cc1ccc(C#Cc2ccc(C#C[C]3[CH][CH][CH][CH]3)cc2)cc1.[CH]1[CH][CH][CH][CH]1.[Fe+2]. The summed E-state index contributed by atoms with van der Waals surface area (Å²) in [5, 5.41) is 0. The third-order valence-electron chi connectivity index (χ3n) is 7.80. The molecule has 3 heteroatoms. The quantitative estimate of drug-likeness (QED) is 0.0848. The second-order valence-electron chi connectivity index (χ2n) is 13.4. The van der Waals surface area contributed by atoms with E-state index in [1.165, 1.54) is 23.1 Å². The van der Waals surface area contributed by atoms with Crippen LogP contribution in [0.2, 0.25) is 25.7 Å². The molecule has 2 aliphatic carbocycles. The van der Waals surface area contributed by atoms with Crippen LogP contribution in [-0.4, -0.2) is 13.8 Å². The van der Waals surface area contributed by atoms with Crippen LogP contribution in [0.1, 0.15) is 50.9 Å². The van der Waals surface area contributed by atoms with Gasteiger partial charge in [-0.05, 0) is 173 Å². The Hall–Kier alpha value is -3.79. The van der Waals surface area contributed by atoms with Crippen LogP contribution >= 0.6 is 11.8 Å². The number of aryl methyl sites for hydroxylation is 1. The molecule has 0 heterocycles. The van der Waals surface area contributed by atoms with Gasteiger partial charge in [0, 0.05) is 51.9 Å². The predicted molar refractivity (Wildman–Crippen MR) is 221 cm³/mol. The fraction of sp³-hybridized carbons (Fsp3) is 0.143. The van der Waals surface area contributed by atoms with E-state index in [2.05, 4.69) is 110 Å². The number of benzene rings is 4. The minimum atomic E-state index is -0.943. The molecule has 10 radical (unpaired) electrons. The van der Waals surface area contributed by atoms with Gasteiger partial charge in [-0.25, -0.2) is 0 Å². The molecule has 2 aliphatic rings. The van der Waals surface area contributed by atoms with Gasteiger partial charge >= 0.3 is 17.1 Å². The van der Waals surface area contributed by atoms with Crippen LogP contribution in [-0.2, 0) is 17.1 Å². The van der Waals surface area contributed by atoms with E-state index >= 15 is 0 Å². The minimum Gasteiger partial charge on any atom is -0.126 e. The Morgan fingerprint density at radius 1 is 0.481 bits per heavy atom. The van der Waals surface area contributed by atoms with Crippen molar-refractivity contribution in [1.82, 2.24) is 0 Å². The van der Waals surface area contributed by atoms with Gasteiger partial charge in [-0.2, -0.15) is 0 Å². The van der Waals surface area contributed by atoms with Crippen molar-refractivity contribution < 1.29 is 17.1 Å². The molecular weight excluding hydrogens is 705 g/mol. The van der Waals surface area contributed by atoms with Crippen molar-refractivity contribution in [3.63, 3.8) is 0 Å². The van der Waals surface area contributed by atoms with Crippen LogP contribution in [0.5, 0.6) is 0 Å².